The van der Waals surface area contributed by atoms with E-state index in [0.29, 0.717) is 28.2 Å². The molecule has 1 aliphatic carbocycles. The van der Waals surface area contributed by atoms with Gasteiger partial charge in [-0.25, -0.2) is 23.7 Å². The maximum absolute atomic E-state index is 14.4. The maximum Gasteiger partial charge on any atom is 0.271 e. The van der Waals surface area contributed by atoms with Gasteiger partial charge in [-0.15, -0.1) is 0 Å². The highest BCUT2D eigenvalue weighted by molar-refractivity contribution is 5.98. The van der Waals surface area contributed by atoms with Crippen LogP contribution in [0.1, 0.15) is 59.0 Å². The molecule has 2 aromatic heterocycles. The largest absolute Gasteiger partial charge is 0.387 e. The summed E-state index contributed by atoms with van der Waals surface area (Å²) in [4.78, 5) is 26.4. The van der Waals surface area contributed by atoms with Crippen molar-refractivity contribution in [1.29, 1.82) is 0 Å². The second-order valence-corrected chi connectivity index (χ2v) is 8.56. The molecule has 0 spiro atoms. The molecule has 33 heavy (non-hydrogen) atoms. The molecule has 2 N–H and O–H groups in total. The van der Waals surface area contributed by atoms with E-state index in [0.717, 1.165) is 0 Å². The monoisotopic (exact) mass is 452 g/mol. The predicted octanol–water partition coefficient (Wildman–Crippen LogP) is 4.41. The Balaban J connectivity index is 1.75. The molecule has 0 saturated heterocycles. The molecule has 1 aromatic carbocycles. The van der Waals surface area contributed by atoms with Crippen LogP contribution in [0.25, 0.3) is 11.4 Å². The molecule has 1 amide bonds. The Morgan fingerprint density at radius 1 is 1.12 bits per heavy atom. The summed E-state index contributed by atoms with van der Waals surface area (Å²) in [6.07, 6.45) is 2.76. The summed E-state index contributed by atoms with van der Waals surface area (Å²) in [5.74, 6) is -0.655. The summed E-state index contributed by atoms with van der Waals surface area (Å²) >= 11 is 0. The molecule has 1 fully saturated rings. The van der Waals surface area contributed by atoms with Gasteiger partial charge in [0.25, 0.3) is 5.91 Å². The number of nitrogens with one attached hydrogen (secondary N) is 1. The first-order chi connectivity index (χ1) is 15.8. The number of nitrogens with zero attached hydrogens (tertiary/aromatic N) is 3. The number of pyridine rings is 1. The Kier molecular flexibility index (Phi) is 6.47. The number of alkyl halides is 1. The second-order valence-electron chi connectivity index (χ2n) is 8.56. The zero-order chi connectivity index (χ0) is 23.6. The minimum absolute atomic E-state index is 0.100. The molecular formula is C25H26F2N4O2. The van der Waals surface area contributed by atoms with Crippen LogP contribution in [0.4, 0.5) is 8.78 Å². The molecule has 8 heteroatoms. The number of hydrogen-bond donors (Lipinski definition) is 2. The van der Waals surface area contributed by atoms with E-state index < -0.39 is 29.5 Å². The first-order valence-corrected chi connectivity index (χ1v) is 11.0. The fourth-order valence-corrected chi connectivity index (χ4v) is 4.36. The lowest BCUT2D eigenvalue weighted by Gasteiger charge is -2.41. The van der Waals surface area contributed by atoms with Crippen molar-refractivity contribution >= 4 is 5.91 Å². The Morgan fingerprint density at radius 2 is 1.82 bits per heavy atom. The van der Waals surface area contributed by atoms with Crippen LogP contribution in [0.3, 0.4) is 0 Å². The van der Waals surface area contributed by atoms with Crippen molar-refractivity contribution in [3.63, 3.8) is 0 Å². The summed E-state index contributed by atoms with van der Waals surface area (Å²) < 4.78 is 28.3. The molecular weight excluding hydrogens is 426 g/mol. The first-order valence-electron chi connectivity index (χ1n) is 11.0. The first kappa shape index (κ1) is 22.9. The number of rotatable bonds is 5. The van der Waals surface area contributed by atoms with E-state index >= 15 is 0 Å². The second kappa shape index (κ2) is 9.31. The SMILES string of the molecule is Cc1ccc(-c2ncccn2)c(C(=O)NC(c2cccc(F)c2C)[C@]2(O)CC[C@@H](F)CC2)n1. The number of benzene rings is 1. The van der Waals surface area contributed by atoms with Gasteiger partial charge in [-0.1, -0.05) is 12.1 Å². The number of aliphatic hydroxyl groups is 1. The normalized spacial score (nSPS) is 21.4. The molecule has 2 heterocycles. The third kappa shape index (κ3) is 4.75. The van der Waals surface area contributed by atoms with E-state index in [9.17, 15) is 18.7 Å². The highest BCUT2D eigenvalue weighted by Crippen LogP contribution is 2.41. The molecule has 0 radical (unpaired) electrons. The van der Waals surface area contributed by atoms with E-state index in [2.05, 4.69) is 20.3 Å². The molecule has 4 rings (SSSR count). The standard InChI is InChI=1S/C25H26F2N4O2/c1-15-7-8-19(23-28-13-4-14-29-23)21(30-15)24(32)31-22(18-5-3-6-20(27)16(18)2)25(33)11-9-17(26)10-12-25/h3-8,13-14,17,22,33H,9-12H2,1-2H3,(H,31,32)/t17-,22?,25+. The van der Waals surface area contributed by atoms with E-state index in [1.165, 1.54) is 12.1 Å². The minimum atomic E-state index is -1.43. The number of amides is 1. The number of carbonyl (C=O) groups excluding carboxylic acids is 1. The summed E-state index contributed by atoms with van der Waals surface area (Å²) in [6, 6.07) is 8.74. The van der Waals surface area contributed by atoms with Crippen molar-refractivity contribution in [2.75, 3.05) is 0 Å². The molecule has 1 saturated carbocycles. The third-order valence-corrected chi connectivity index (χ3v) is 6.27. The molecule has 172 valence electrons. The van der Waals surface area contributed by atoms with Crippen LogP contribution in [0, 0.1) is 19.7 Å². The Labute approximate surface area is 191 Å². The van der Waals surface area contributed by atoms with Crippen molar-refractivity contribution in [2.24, 2.45) is 0 Å². The lowest BCUT2D eigenvalue weighted by atomic mass is 9.75. The molecule has 0 bridgehead atoms. The zero-order valence-corrected chi connectivity index (χ0v) is 18.6. The fraction of sp³-hybridized carbons (Fsp3) is 0.360. The van der Waals surface area contributed by atoms with Crippen LogP contribution in [-0.2, 0) is 0 Å². The van der Waals surface area contributed by atoms with E-state index in [1.807, 2.05) is 0 Å². The van der Waals surface area contributed by atoms with Gasteiger partial charge in [-0.2, -0.15) is 0 Å². The van der Waals surface area contributed by atoms with E-state index in [1.54, 1.807) is 50.5 Å². The smallest absolute Gasteiger partial charge is 0.271 e. The van der Waals surface area contributed by atoms with Crippen LogP contribution >= 0.6 is 0 Å². The van der Waals surface area contributed by atoms with E-state index in [4.69, 9.17) is 0 Å². The number of aryl methyl sites for hydroxylation is 1. The molecule has 3 aromatic rings. The van der Waals surface area contributed by atoms with Crippen LogP contribution in [-0.4, -0.2) is 37.7 Å². The van der Waals surface area contributed by atoms with Crippen LogP contribution in [0.5, 0.6) is 0 Å². The lowest BCUT2D eigenvalue weighted by molar-refractivity contribution is -0.0448. The van der Waals surface area contributed by atoms with Gasteiger partial charge in [0.1, 0.15) is 17.7 Å². The summed E-state index contributed by atoms with van der Waals surface area (Å²) in [5.41, 5.74) is 0.505. The Bertz CT molecular complexity index is 1150. The van der Waals surface area contributed by atoms with Gasteiger partial charge in [0, 0.05) is 18.1 Å². The van der Waals surface area contributed by atoms with Gasteiger partial charge in [0.15, 0.2) is 5.82 Å². The number of hydrogen-bond acceptors (Lipinski definition) is 5. The van der Waals surface area contributed by atoms with Gasteiger partial charge in [0.05, 0.1) is 17.2 Å². The van der Waals surface area contributed by atoms with Gasteiger partial charge in [-0.3, -0.25) is 4.79 Å². The topological polar surface area (TPSA) is 88.0 Å². The Morgan fingerprint density at radius 3 is 2.52 bits per heavy atom. The van der Waals surface area contributed by atoms with Gasteiger partial charge >= 0.3 is 0 Å². The van der Waals surface area contributed by atoms with Crippen molar-refractivity contribution in [3.8, 4) is 11.4 Å². The number of aromatic nitrogens is 3. The van der Waals surface area contributed by atoms with Crippen molar-refractivity contribution in [3.05, 3.63) is 77.1 Å². The molecule has 0 aliphatic heterocycles. The van der Waals surface area contributed by atoms with Crippen molar-refractivity contribution < 1.29 is 18.7 Å². The summed E-state index contributed by atoms with van der Waals surface area (Å²) in [6.45, 7) is 3.36. The fourth-order valence-electron chi connectivity index (χ4n) is 4.36. The number of halogens is 2. The maximum atomic E-state index is 14.4. The van der Waals surface area contributed by atoms with Crippen LogP contribution < -0.4 is 5.32 Å². The molecule has 1 unspecified atom stereocenters. The third-order valence-electron chi connectivity index (χ3n) is 6.27. The van der Waals surface area contributed by atoms with Gasteiger partial charge in [-0.05, 0) is 74.9 Å². The molecule has 1 atom stereocenters. The number of carbonyl (C=O) groups is 1. The van der Waals surface area contributed by atoms with Crippen LogP contribution in [0.2, 0.25) is 0 Å². The van der Waals surface area contributed by atoms with Crippen LogP contribution in [0.15, 0.2) is 48.8 Å². The van der Waals surface area contributed by atoms with E-state index in [-0.39, 0.29) is 31.4 Å². The summed E-state index contributed by atoms with van der Waals surface area (Å²) in [7, 11) is 0. The lowest BCUT2D eigenvalue weighted by Crippen LogP contribution is -2.49. The average Bonchev–Trinajstić information content (AvgIpc) is 2.82. The molecule has 1 aliphatic rings. The highest BCUT2D eigenvalue weighted by atomic mass is 19.1. The average molecular weight is 453 g/mol. The quantitative estimate of drug-likeness (QED) is 0.599. The zero-order valence-electron chi connectivity index (χ0n) is 18.6. The van der Waals surface area contributed by atoms with Gasteiger partial charge < -0.3 is 10.4 Å². The highest BCUT2D eigenvalue weighted by Gasteiger charge is 2.43. The molecule has 6 nitrogen and oxygen atoms in total. The predicted molar refractivity (Wildman–Crippen MR) is 120 cm³/mol. The Hall–Kier alpha value is -3.26. The minimum Gasteiger partial charge on any atom is -0.387 e. The van der Waals surface area contributed by atoms with Crippen molar-refractivity contribution in [2.45, 2.75) is 57.3 Å². The summed E-state index contributed by atoms with van der Waals surface area (Å²) in [5, 5.41) is 14.4. The van der Waals surface area contributed by atoms with Crippen molar-refractivity contribution in [1.82, 2.24) is 20.3 Å². The van der Waals surface area contributed by atoms with Gasteiger partial charge in [0.2, 0.25) is 0 Å².